The van der Waals surface area contributed by atoms with E-state index in [2.05, 4.69) is 34.9 Å². The largest absolute Gasteiger partial charge is 0.393 e. The smallest absolute Gasteiger partial charge is 0.0580 e. The van der Waals surface area contributed by atoms with E-state index >= 15 is 0 Å². The summed E-state index contributed by atoms with van der Waals surface area (Å²) in [6, 6.07) is 9.15. The van der Waals surface area contributed by atoms with E-state index in [1.165, 1.54) is 30.4 Å². The van der Waals surface area contributed by atoms with E-state index in [9.17, 15) is 5.11 Å². The standard InChI is InChI=1S/C17H26N2O/c20-17-8-4-2-6-14(17)12-19-16-9-10-18-11-13-5-1-3-7-15(13)16/h1,3,5,7,14,16-20H,2,4,6,8-12H2. The highest BCUT2D eigenvalue weighted by Crippen LogP contribution is 2.27. The summed E-state index contributed by atoms with van der Waals surface area (Å²) < 4.78 is 0. The van der Waals surface area contributed by atoms with Gasteiger partial charge in [-0.1, -0.05) is 37.1 Å². The lowest BCUT2D eigenvalue weighted by atomic mass is 9.86. The molecule has 0 aromatic heterocycles. The molecular weight excluding hydrogens is 248 g/mol. The van der Waals surface area contributed by atoms with E-state index in [1.807, 2.05) is 0 Å². The van der Waals surface area contributed by atoms with E-state index in [1.54, 1.807) is 0 Å². The van der Waals surface area contributed by atoms with Crippen LogP contribution in [0.1, 0.15) is 49.3 Å². The fourth-order valence-electron chi connectivity index (χ4n) is 3.59. The highest BCUT2D eigenvalue weighted by molar-refractivity contribution is 5.31. The molecule has 3 atom stereocenters. The third kappa shape index (κ3) is 3.22. The van der Waals surface area contributed by atoms with Gasteiger partial charge in [-0.25, -0.2) is 0 Å². The molecule has 3 N–H and O–H groups in total. The SMILES string of the molecule is OC1CCCCC1CNC1CCNCc2ccccc21. The van der Waals surface area contributed by atoms with Crippen LogP contribution in [0.5, 0.6) is 0 Å². The maximum Gasteiger partial charge on any atom is 0.0580 e. The van der Waals surface area contributed by atoms with Gasteiger partial charge in [0.05, 0.1) is 6.10 Å². The van der Waals surface area contributed by atoms with Crippen molar-refractivity contribution in [3.05, 3.63) is 35.4 Å². The van der Waals surface area contributed by atoms with Crippen LogP contribution in [0.15, 0.2) is 24.3 Å². The molecule has 20 heavy (non-hydrogen) atoms. The van der Waals surface area contributed by atoms with Crippen LogP contribution >= 0.6 is 0 Å². The van der Waals surface area contributed by atoms with Crippen molar-refractivity contribution in [3.8, 4) is 0 Å². The highest BCUT2D eigenvalue weighted by Gasteiger charge is 2.25. The van der Waals surface area contributed by atoms with Gasteiger partial charge in [0.1, 0.15) is 0 Å². The number of hydrogen-bond acceptors (Lipinski definition) is 3. The first-order valence-electron chi connectivity index (χ1n) is 8.04. The molecule has 1 heterocycles. The lowest BCUT2D eigenvalue weighted by Gasteiger charge is -2.30. The molecule has 0 bridgehead atoms. The van der Waals surface area contributed by atoms with Gasteiger partial charge < -0.3 is 15.7 Å². The molecule has 3 unspecified atom stereocenters. The third-order valence-corrected chi connectivity index (χ3v) is 4.85. The summed E-state index contributed by atoms with van der Waals surface area (Å²) in [6.07, 6.45) is 5.63. The number of benzene rings is 1. The Bertz CT molecular complexity index is 435. The lowest BCUT2D eigenvalue weighted by Crippen LogP contribution is -2.36. The van der Waals surface area contributed by atoms with Crippen molar-refractivity contribution in [1.29, 1.82) is 0 Å². The Balaban J connectivity index is 1.64. The van der Waals surface area contributed by atoms with Gasteiger partial charge in [-0.2, -0.15) is 0 Å². The number of hydrogen-bond donors (Lipinski definition) is 3. The molecule has 1 aromatic rings. The van der Waals surface area contributed by atoms with Crippen LogP contribution in [0.2, 0.25) is 0 Å². The van der Waals surface area contributed by atoms with Gasteiger partial charge >= 0.3 is 0 Å². The second-order valence-electron chi connectivity index (χ2n) is 6.24. The number of fused-ring (bicyclic) bond motifs is 1. The minimum Gasteiger partial charge on any atom is -0.393 e. The zero-order valence-corrected chi connectivity index (χ0v) is 12.1. The summed E-state index contributed by atoms with van der Waals surface area (Å²) in [5, 5.41) is 17.3. The van der Waals surface area contributed by atoms with Crippen LogP contribution in [0.25, 0.3) is 0 Å². The summed E-state index contributed by atoms with van der Waals surface area (Å²) in [6.45, 7) is 2.97. The summed E-state index contributed by atoms with van der Waals surface area (Å²) in [5.74, 6) is 0.437. The molecule has 0 amide bonds. The summed E-state index contributed by atoms with van der Waals surface area (Å²) in [5.41, 5.74) is 2.84. The molecule has 110 valence electrons. The van der Waals surface area contributed by atoms with E-state index in [4.69, 9.17) is 0 Å². The van der Waals surface area contributed by atoms with Crippen molar-refractivity contribution >= 4 is 0 Å². The van der Waals surface area contributed by atoms with Gasteiger partial charge in [-0.15, -0.1) is 0 Å². The second kappa shape index (κ2) is 6.70. The number of aliphatic hydroxyl groups excluding tert-OH is 1. The van der Waals surface area contributed by atoms with Crippen LogP contribution < -0.4 is 10.6 Å². The summed E-state index contributed by atoms with van der Waals surface area (Å²) in [4.78, 5) is 0. The van der Waals surface area contributed by atoms with Gasteiger partial charge in [0.2, 0.25) is 0 Å². The Labute approximate surface area is 121 Å². The van der Waals surface area contributed by atoms with Gasteiger partial charge in [0.25, 0.3) is 0 Å². The van der Waals surface area contributed by atoms with Crippen molar-refractivity contribution in [2.24, 2.45) is 5.92 Å². The van der Waals surface area contributed by atoms with Crippen LogP contribution in [-0.2, 0) is 6.54 Å². The fourth-order valence-corrected chi connectivity index (χ4v) is 3.59. The van der Waals surface area contributed by atoms with Crippen molar-refractivity contribution in [2.45, 2.75) is 50.8 Å². The average Bonchev–Trinajstić information content (AvgIpc) is 2.69. The Morgan fingerprint density at radius 1 is 1.15 bits per heavy atom. The van der Waals surface area contributed by atoms with E-state index in [0.29, 0.717) is 12.0 Å². The molecule has 0 spiro atoms. The van der Waals surface area contributed by atoms with Crippen molar-refractivity contribution < 1.29 is 5.11 Å². The molecule has 1 aromatic carbocycles. The van der Waals surface area contributed by atoms with E-state index in [0.717, 1.165) is 32.5 Å². The van der Waals surface area contributed by atoms with Gasteiger partial charge in [-0.05, 0) is 42.9 Å². The molecule has 1 aliphatic heterocycles. The molecule has 1 saturated carbocycles. The first-order chi connectivity index (χ1) is 9.84. The zero-order valence-electron chi connectivity index (χ0n) is 12.1. The van der Waals surface area contributed by atoms with Crippen LogP contribution in [0.3, 0.4) is 0 Å². The molecule has 0 radical (unpaired) electrons. The topological polar surface area (TPSA) is 44.3 Å². The number of nitrogens with one attached hydrogen (secondary N) is 2. The zero-order chi connectivity index (χ0) is 13.8. The number of aliphatic hydroxyl groups is 1. The molecule has 3 rings (SSSR count). The van der Waals surface area contributed by atoms with E-state index < -0.39 is 0 Å². The minimum absolute atomic E-state index is 0.101. The normalized spacial score (nSPS) is 30.6. The van der Waals surface area contributed by atoms with Gasteiger partial charge in [0, 0.05) is 19.1 Å². The molecular formula is C17H26N2O. The quantitative estimate of drug-likeness (QED) is 0.793. The van der Waals surface area contributed by atoms with Crippen LogP contribution in [0.4, 0.5) is 0 Å². The first kappa shape index (κ1) is 14.1. The Hall–Kier alpha value is -0.900. The van der Waals surface area contributed by atoms with Crippen molar-refractivity contribution in [2.75, 3.05) is 13.1 Å². The minimum atomic E-state index is -0.101. The predicted octanol–water partition coefficient (Wildman–Crippen LogP) is 2.36. The molecule has 1 fully saturated rings. The van der Waals surface area contributed by atoms with Crippen molar-refractivity contribution in [3.63, 3.8) is 0 Å². The highest BCUT2D eigenvalue weighted by atomic mass is 16.3. The Kier molecular flexibility index (Phi) is 4.71. The van der Waals surface area contributed by atoms with E-state index in [-0.39, 0.29) is 6.10 Å². The molecule has 3 nitrogen and oxygen atoms in total. The first-order valence-corrected chi connectivity index (χ1v) is 8.04. The summed E-state index contributed by atoms with van der Waals surface area (Å²) in [7, 11) is 0. The third-order valence-electron chi connectivity index (χ3n) is 4.85. The van der Waals surface area contributed by atoms with Gasteiger partial charge in [0.15, 0.2) is 0 Å². The Morgan fingerprint density at radius 2 is 2.00 bits per heavy atom. The van der Waals surface area contributed by atoms with Crippen LogP contribution in [0, 0.1) is 5.92 Å². The Morgan fingerprint density at radius 3 is 2.90 bits per heavy atom. The number of rotatable bonds is 3. The molecule has 2 aliphatic rings. The second-order valence-corrected chi connectivity index (χ2v) is 6.24. The molecule has 1 aliphatic carbocycles. The lowest BCUT2D eigenvalue weighted by molar-refractivity contribution is 0.0679. The maximum absolute atomic E-state index is 10.1. The predicted molar refractivity (Wildman–Crippen MR) is 81.5 cm³/mol. The van der Waals surface area contributed by atoms with Crippen molar-refractivity contribution in [1.82, 2.24) is 10.6 Å². The molecule has 0 saturated heterocycles. The monoisotopic (exact) mass is 274 g/mol. The fraction of sp³-hybridized carbons (Fsp3) is 0.647. The summed E-state index contributed by atoms with van der Waals surface area (Å²) >= 11 is 0. The average molecular weight is 274 g/mol. The maximum atomic E-state index is 10.1. The van der Waals surface area contributed by atoms with Gasteiger partial charge in [-0.3, -0.25) is 0 Å². The molecule has 3 heteroatoms. The van der Waals surface area contributed by atoms with Crippen LogP contribution in [-0.4, -0.2) is 24.3 Å².